The zero-order valence-electron chi connectivity index (χ0n) is 9.92. The highest BCUT2D eigenvalue weighted by atomic mass is 15.0. The maximum atomic E-state index is 6.10. The number of rotatable bonds is 2. The lowest BCUT2D eigenvalue weighted by Gasteiger charge is -2.06. The minimum atomic E-state index is 0.557. The molecule has 3 saturated carbocycles. The third kappa shape index (κ3) is 1.36. The lowest BCUT2D eigenvalue weighted by molar-refractivity contribution is 0.456. The molecule has 4 unspecified atom stereocenters. The van der Waals surface area contributed by atoms with E-state index in [1.807, 2.05) is 30.3 Å². The van der Waals surface area contributed by atoms with Gasteiger partial charge in [0.1, 0.15) is 5.84 Å². The lowest BCUT2D eigenvalue weighted by Crippen LogP contribution is -2.15. The maximum Gasteiger partial charge on any atom is 0.125 e. The van der Waals surface area contributed by atoms with E-state index in [1.165, 1.54) is 19.3 Å². The SMILES string of the molecule is NC(=NC1C2C3CCC(C3)C12)c1ccccc1. The van der Waals surface area contributed by atoms with Crippen LogP contribution in [0.3, 0.4) is 0 Å². The molecule has 0 aromatic heterocycles. The molecule has 0 heterocycles. The largest absolute Gasteiger partial charge is 0.383 e. The van der Waals surface area contributed by atoms with Crippen LogP contribution >= 0.6 is 0 Å². The molecule has 1 aromatic rings. The van der Waals surface area contributed by atoms with Crippen LogP contribution in [0, 0.1) is 23.7 Å². The highest BCUT2D eigenvalue weighted by Crippen LogP contribution is 2.66. The van der Waals surface area contributed by atoms with Crippen LogP contribution in [0.5, 0.6) is 0 Å². The molecule has 2 nitrogen and oxygen atoms in total. The zero-order chi connectivity index (χ0) is 11.4. The number of nitrogens with two attached hydrogens (primary N) is 1. The van der Waals surface area contributed by atoms with Crippen molar-refractivity contribution >= 4 is 5.84 Å². The van der Waals surface area contributed by atoms with Gasteiger partial charge < -0.3 is 5.73 Å². The van der Waals surface area contributed by atoms with Gasteiger partial charge in [0.15, 0.2) is 0 Å². The fraction of sp³-hybridized carbons (Fsp3) is 0.533. The monoisotopic (exact) mass is 226 g/mol. The lowest BCUT2D eigenvalue weighted by atomic mass is 10.0. The minimum absolute atomic E-state index is 0.557. The second-order valence-electron chi connectivity index (χ2n) is 5.86. The van der Waals surface area contributed by atoms with Gasteiger partial charge in [0, 0.05) is 5.56 Å². The number of benzene rings is 1. The van der Waals surface area contributed by atoms with E-state index < -0.39 is 0 Å². The number of fused-ring (bicyclic) bond motifs is 5. The van der Waals surface area contributed by atoms with Gasteiger partial charge in [-0.3, -0.25) is 4.99 Å². The van der Waals surface area contributed by atoms with Crippen molar-refractivity contribution in [1.82, 2.24) is 0 Å². The number of nitrogens with zero attached hydrogens (tertiary/aromatic N) is 1. The van der Waals surface area contributed by atoms with Crippen LogP contribution in [0.15, 0.2) is 35.3 Å². The summed E-state index contributed by atoms with van der Waals surface area (Å²) in [5.41, 5.74) is 7.17. The molecule has 3 aliphatic rings. The van der Waals surface area contributed by atoms with Gasteiger partial charge in [-0.15, -0.1) is 0 Å². The molecule has 0 radical (unpaired) electrons. The summed E-state index contributed by atoms with van der Waals surface area (Å²) in [4.78, 5) is 4.78. The van der Waals surface area contributed by atoms with Crippen LogP contribution in [0.4, 0.5) is 0 Å². The summed E-state index contributed by atoms with van der Waals surface area (Å²) in [5, 5.41) is 0. The fourth-order valence-corrected chi connectivity index (χ4v) is 4.30. The first kappa shape index (κ1) is 9.69. The Morgan fingerprint density at radius 2 is 1.71 bits per heavy atom. The summed E-state index contributed by atoms with van der Waals surface area (Å²) in [6.45, 7) is 0. The molecule has 1 aromatic carbocycles. The third-order valence-corrected chi connectivity index (χ3v) is 5.05. The molecule has 0 saturated heterocycles. The van der Waals surface area contributed by atoms with Gasteiger partial charge in [0.05, 0.1) is 6.04 Å². The molecule has 88 valence electrons. The number of hydrogen-bond donors (Lipinski definition) is 1. The van der Waals surface area contributed by atoms with Crippen molar-refractivity contribution in [2.75, 3.05) is 0 Å². The molecule has 0 amide bonds. The summed E-state index contributed by atoms with van der Waals surface area (Å²) in [6, 6.07) is 10.7. The predicted octanol–water partition coefficient (Wildman–Crippen LogP) is 2.44. The number of hydrogen-bond acceptors (Lipinski definition) is 1. The molecule has 17 heavy (non-hydrogen) atoms. The molecular weight excluding hydrogens is 208 g/mol. The second-order valence-corrected chi connectivity index (χ2v) is 5.86. The Kier molecular flexibility index (Phi) is 1.91. The topological polar surface area (TPSA) is 38.4 Å². The van der Waals surface area contributed by atoms with Crippen LogP contribution in [0.2, 0.25) is 0 Å². The van der Waals surface area contributed by atoms with Crippen LogP contribution in [-0.2, 0) is 0 Å². The Labute approximate surface area is 102 Å². The van der Waals surface area contributed by atoms with Gasteiger partial charge in [-0.05, 0) is 42.9 Å². The first-order valence-electron chi connectivity index (χ1n) is 6.73. The maximum absolute atomic E-state index is 6.10. The van der Waals surface area contributed by atoms with Gasteiger partial charge >= 0.3 is 0 Å². The summed E-state index contributed by atoms with van der Waals surface area (Å²) in [7, 11) is 0. The summed E-state index contributed by atoms with van der Waals surface area (Å²) in [5.74, 6) is 4.46. The van der Waals surface area contributed by atoms with E-state index in [9.17, 15) is 0 Å². The Hall–Kier alpha value is -1.31. The Morgan fingerprint density at radius 1 is 1.06 bits per heavy atom. The van der Waals surface area contributed by atoms with Crippen molar-refractivity contribution in [3.05, 3.63) is 35.9 Å². The van der Waals surface area contributed by atoms with Crippen molar-refractivity contribution < 1.29 is 0 Å². The summed E-state index contributed by atoms with van der Waals surface area (Å²) in [6.07, 6.45) is 4.37. The van der Waals surface area contributed by atoms with Crippen LogP contribution < -0.4 is 5.73 Å². The van der Waals surface area contributed by atoms with E-state index in [0.717, 1.165) is 35.1 Å². The first-order chi connectivity index (χ1) is 8.34. The quantitative estimate of drug-likeness (QED) is 0.610. The normalized spacial score (nSPS) is 42.6. The molecule has 0 aliphatic heterocycles. The Bertz CT molecular complexity index is 449. The van der Waals surface area contributed by atoms with Gasteiger partial charge in [0.2, 0.25) is 0 Å². The van der Waals surface area contributed by atoms with Crippen LogP contribution in [-0.4, -0.2) is 11.9 Å². The van der Waals surface area contributed by atoms with Crippen molar-refractivity contribution in [3.8, 4) is 0 Å². The Balaban J connectivity index is 1.56. The van der Waals surface area contributed by atoms with Gasteiger partial charge in [-0.25, -0.2) is 0 Å². The molecule has 4 rings (SSSR count). The van der Waals surface area contributed by atoms with Gasteiger partial charge in [0.25, 0.3) is 0 Å². The molecule has 3 fully saturated rings. The number of amidine groups is 1. The summed E-state index contributed by atoms with van der Waals surface area (Å²) < 4.78 is 0. The van der Waals surface area contributed by atoms with E-state index >= 15 is 0 Å². The average molecular weight is 226 g/mol. The van der Waals surface area contributed by atoms with E-state index in [2.05, 4.69) is 0 Å². The summed E-state index contributed by atoms with van der Waals surface area (Å²) >= 11 is 0. The molecule has 0 spiro atoms. The molecule has 2 heteroatoms. The van der Waals surface area contributed by atoms with Crippen molar-refractivity contribution in [2.24, 2.45) is 34.4 Å². The first-order valence-corrected chi connectivity index (χ1v) is 6.73. The van der Waals surface area contributed by atoms with Crippen LogP contribution in [0.25, 0.3) is 0 Å². The predicted molar refractivity (Wildman–Crippen MR) is 68.8 cm³/mol. The minimum Gasteiger partial charge on any atom is -0.383 e. The second kappa shape index (κ2) is 3.34. The number of aliphatic imine (C=N–C) groups is 1. The Morgan fingerprint density at radius 3 is 2.35 bits per heavy atom. The smallest absolute Gasteiger partial charge is 0.125 e. The van der Waals surface area contributed by atoms with Crippen molar-refractivity contribution in [3.63, 3.8) is 0 Å². The van der Waals surface area contributed by atoms with Gasteiger partial charge in [-0.2, -0.15) is 0 Å². The van der Waals surface area contributed by atoms with Crippen LogP contribution in [0.1, 0.15) is 24.8 Å². The molecule has 2 N–H and O–H groups in total. The standard InChI is InChI=1S/C15H18N2/c16-15(9-4-2-1-3-5-9)17-14-12-10-6-7-11(8-10)13(12)14/h1-5,10-14H,6-8H2,(H2,16,17). The van der Waals surface area contributed by atoms with E-state index in [-0.39, 0.29) is 0 Å². The average Bonchev–Trinajstić information content (AvgIpc) is 2.76. The van der Waals surface area contributed by atoms with E-state index in [4.69, 9.17) is 10.7 Å². The highest BCUT2D eigenvalue weighted by molar-refractivity contribution is 5.97. The molecule has 4 atom stereocenters. The molecule has 3 aliphatic carbocycles. The van der Waals surface area contributed by atoms with E-state index in [1.54, 1.807) is 0 Å². The zero-order valence-corrected chi connectivity index (χ0v) is 9.92. The third-order valence-electron chi connectivity index (χ3n) is 5.05. The van der Waals surface area contributed by atoms with Crippen molar-refractivity contribution in [1.29, 1.82) is 0 Å². The fourth-order valence-electron chi connectivity index (χ4n) is 4.30. The molecule has 2 bridgehead atoms. The molecular formula is C15H18N2. The highest BCUT2D eigenvalue weighted by Gasteiger charge is 2.65. The van der Waals surface area contributed by atoms with Gasteiger partial charge in [-0.1, -0.05) is 30.3 Å². The van der Waals surface area contributed by atoms with Crippen molar-refractivity contribution in [2.45, 2.75) is 25.3 Å². The van der Waals surface area contributed by atoms with E-state index in [0.29, 0.717) is 6.04 Å².